The number of benzene rings is 1. The van der Waals surface area contributed by atoms with Crippen LogP contribution in [0.5, 0.6) is 0 Å². The lowest BCUT2D eigenvalue weighted by atomic mass is 10.2. The summed E-state index contributed by atoms with van der Waals surface area (Å²) in [5.74, 6) is -0.329. The van der Waals surface area contributed by atoms with Gasteiger partial charge in [0, 0.05) is 16.1 Å². The van der Waals surface area contributed by atoms with Crippen molar-refractivity contribution < 1.29 is 4.39 Å². The minimum atomic E-state index is -0.329. The first-order chi connectivity index (χ1) is 5.74. The van der Waals surface area contributed by atoms with Crippen molar-refractivity contribution in [3.05, 3.63) is 40.1 Å². The summed E-state index contributed by atoms with van der Waals surface area (Å²) in [5.41, 5.74) is 0.408. The van der Waals surface area contributed by atoms with Crippen molar-refractivity contribution in [1.29, 1.82) is 5.26 Å². The fourth-order valence-corrected chi connectivity index (χ4v) is 1.15. The fraction of sp³-hybridized carbons (Fsp3) is 0. The highest BCUT2D eigenvalue weighted by molar-refractivity contribution is 9.10. The van der Waals surface area contributed by atoms with Crippen LogP contribution in [0.15, 0.2) is 28.7 Å². The monoisotopic (exact) mass is 225 g/mol. The highest BCUT2D eigenvalue weighted by Gasteiger charge is 1.97. The van der Waals surface area contributed by atoms with Gasteiger partial charge >= 0.3 is 0 Å². The molecule has 0 N–H and O–H groups in total. The third-order valence-corrected chi connectivity index (χ3v) is 1.79. The minimum Gasteiger partial charge on any atom is -0.206 e. The third kappa shape index (κ3) is 2.18. The second-order valence-corrected chi connectivity index (χ2v) is 3.04. The van der Waals surface area contributed by atoms with E-state index in [0.717, 1.165) is 4.47 Å². The van der Waals surface area contributed by atoms with Gasteiger partial charge in [0.1, 0.15) is 5.82 Å². The van der Waals surface area contributed by atoms with Gasteiger partial charge in [-0.25, -0.2) is 4.39 Å². The Morgan fingerprint density at radius 3 is 2.92 bits per heavy atom. The van der Waals surface area contributed by atoms with Gasteiger partial charge in [-0.05, 0) is 24.3 Å². The van der Waals surface area contributed by atoms with E-state index < -0.39 is 0 Å². The Morgan fingerprint density at radius 1 is 1.50 bits per heavy atom. The van der Waals surface area contributed by atoms with Gasteiger partial charge in [0.05, 0.1) is 6.07 Å². The first-order valence-corrected chi connectivity index (χ1v) is 4.04. The lowest BCUT2D eigenvalue weighted by Crippen LogP contribution is -1.80. The molecule has 0 aliphatic rings. The molecule has 0 aromatic heterocycles. The first kappa shape index (κ1) is 8.95. The Balaban J connectivity index is 3.07. The predicted molar refractivity (Wildman–Crippen MR) is 48.7 cm³/mol. The molecule has 0 amide bonds. The average Bonchev–Trinajstić information content (AvgIpc) is 2.07. The van der Waals surface area contributed by atoms with E-state index in [2.05, 4.69) is 15.9 Å². The summed E-state index contributed by atoms with van der Waals surface area (Å²) in [6, 6.07) is 6.37. The molecule has 1 rings (SSSR count). The van der Waals surface area contributed by atoms with Crippen LogP contribution >= 0.6 is 15.9 Å². The quantitative estimate of drug-likeness (QED) is 0.675. The van der Waals surface area contributed by atoms with Crippen LogP contribution in [0.4, 0.5) is 4.39 Å². The molecule has 0 radical (unpaired) electrons. The van der Waals surface area contributed by atoms with Crippen LogP contribution in [0.2, 0.25) is 0 Å². The Kier molecular flexibility index (Phi) is 3.01. The van der Waals surface area contributed by atoms with Crippen molar-refractivity contribution in [2.45, 2.75) is 0 Å². The summed E-state index contributed by atoms with van der Waals surface area (Å²) < 4.78 is 13.7. The normalized spacial score (nSPS) is 10.1. The molecule has 0 bridgehead atoms. The molecule has 0 saturated heterocycles. The zero-order valence-corrected chi connectivity index (χ0v) is 7.68. The van der Waals surface area contributed by atoms with Gasteiger partial charge in [-0.3, -0.25) is 0 Å². The molecular formula is C9H5BrFN. The second-order valence-electron chi connectivity index (χ2n) is 2.13. The van der Waals surface area contributed by atoms with E-state index in [-0.39, 0.29) is 5.82 Å². The minimum absolute atomic E-state index is 0.329. The summed E-state index contributed by atoms with van der Waals surface area (Å²) in [6.45, 7) is 0. The zero-order valence-electron chi connectivity index (χ0n) is 6.09. The summed E-state index contributed by atoms with van der Waals surface area (Å²) >= 11 is 3.20. The molecule has 0 heterocycles. The first-order valence-electron chi connectivity index (χ1n) is 3.25. The Bertz CT molecular complexity index is 352. The van der Waals surface area contributed by atoms with E-state index >= 15 is 0 Å². The van der Waals surface area contributed by atoms with Gasteiger partial charge in [-0.1, -0.05) is 15.9 Å². The average molecular weight is 226 g/mol. The molecular weight excluding hydrogens is 221 g/mol. The number of nitrogens with zero attached hydrogens (tertiary/aromatic N) is 1. The SMILES string of the molecule is N#C/C=C/c1cc(Br)ccc1F. The van der Waals surface area contributed by atoms with Gasteiger partial charge in [-0.15, -0.1) is 0 Å². The molecule has 0 aliphatic carbocycles. The van der Waals surface area contributed by atoms with Crippen LogP contribution in [-0.2, 0) is 0 Å². The molecule has 0 spiro atoms. The van der Waals surface area contributed by atoms with Crippen LogP contribution in [-0.4, -0.2) is 0 Å². The van der Waals surface area contributed by atoms with Crippen LogP contribution in [0.1, 0.15) is 5.56 Å². The molecule has 12 heavy (non-hydrogen) atoms. The van der Waals surface area contributed by atoms with Crippen LogP contribution in [0.25, 0.3) is 6.08 Å². The van der Waals surface area contributed by atoms with Crippen LogP contribution < -0.4 is 0 Å². The molecule has 3 heteroatoms. The van der Waals surface area contributed by atoms with Crippen LogP contribution in [0.3, 0.4) is 0 Å². The smallest absolute Gasteiger partial charge is 0.130 e. The molecule has 0 aliphatic heterocycles. The lowest BCUT2D eigenvalue weighted by molar-refractivity contribution is 0.625. The maximum atomic E-state index is 12.9. The van der Waals surface area contributed by atoms with Gasteiger partial charge < -0.3 is 0 Å². The van der Waals surface area contributed by atoms with Gasteiger partial charge in [-0.2, -0.15) is 5.26 Å². The van der Waals surface area contributed by atoms with Crippen molar-refractivity contribution in [3.8, 4) is 6.07 Å². The molecule has 0 saturated carbocycles. The van der Waals surface area contributed by atoms with Gasteiger partial charge in [0.15, 0.2) is 0 Å². The summed E-state index contributed by atoms with van der Waals surface area (Å²) in [5, 5.41) is 8.22. The Hall–Kier alpha value is -1.14. The predicted octanol–water partition coefficient (Wildman–Crippen LogP) is 3.12. The molecule has 0 unspecified atom stereocenters. The molecule has 1 aromatic carbocycles. The Morgan fingerprint density at radius 2 is 2.25 bits per heavy atom. The maximum absolute atomic E-state index is 12.9. The second kappa shape index (κ2) is 4.03. The summed E-state index contributed by atoms with van der Waals surface area (Å²) in [6.07, 6.45) is 2.67. The van der Waals surface area contributed by atoms with E-state index in [4.69, 9.17) is 5.26 Å². The van der Waals surface area contributed by atoms with Gasteiger partial charge in [0.25, 0.3) is 0 Å². The van der Waals surface area contributed by atoms with Crippen molar-refractivity contribution in [2.75, 3.05) is 0 Å². The zero-order chi connectivity index (χ0) is 8.97. The van der Waals surface area contributed by atoms with E-state index in [1.165, 1.54) is 18.2 Å². The number of nitriles is 1. The van der Waals surface area contributed by atoms with Crippen LogP contribution in [0, 0.1) is 17.1 Å². The number of allylic oxidation sites excluding steroid dienone is 1. The lowest BCUT2D eigenvalue weighted by Gasteiger charge is -1.95. The van der Waals surface area contributed by atoms with Crippen molar-refractivity contribution in [1.82, 2.24) is 0 Å². The van der Waals surface area contributed by atoms with Gasteiger partial charge in [0.2, 0.25) is 0 Å². The van der Waals surface area contributed by atoms with E-state index in [9.17, 15) is 4.39 Å². The molecule has 1 aromatic rings. The molecule has 1 nitrogen and oxygen atoms in total. The van der Waals surface area contributed by atoms with E-state index in [0.29, 0.717) is 5.56 Å². The number of hydrogen-bond donors (Lipinski definition) is 0. The van der Waals surface area contributed by atoms with Crippen molar-refractivity contribution in [2.24, 2.45) is 0 Å². The highest BCUT2D eigenvalue weighted by atomic mass is 79.9. The summed E-state index contributed by atoms with van der Waals surface area (Å²) in [4.78, 5) is 0. The summed E-state index contributed by atoms with van der Waals surface area (Å²) in [7, 11) is 0. The van der Waals surface area contributed by atoms with Crippen molar-refractivity contribution >= 4 is 22.0 Å². The van der Waals surface area contributed by atoms with Crippen molar-refractivity contribution in [3.63, 3.8) is 0 Å². The number of halogens is 2. The standard InChI is InChI=1S/C9H5BrFN/c10-8-3-4-9(11)7(6-8)2-1-5-12/h1-4,6H/b2-1+. The topological polar surface area (TPSA) is 23.8 Å². The number of rotatable bonds is 1. The largest absolute Gasteiger partial charge is 0.206 e. The van der Waals surface area contributed by atoms with E-state index in [1.807, 2.05) is 0 Å². The Labute approximate surface area is 78.3 Å². The fourth-order valence-electron chi connectivity index (χ4n) is 0.769. The third-order valence-electron chi connectivity index (χ3n) is 1.30. The molecule has 0 atom stereocenters. The highest BCUT2D eigenvalue weighted by Crippen LogP contribution is 2.16. The number of hydrogen-bond acceptors (Lipinski definition) is 1. The van der Waals surface area contributed by atoms with E-state index in [1.54, 1.807) is 18.2 Å². The maximum Gasteiger partial charge on any atom is 0.130 e. The molecule has 0 fully saturated rings. The molecule has 60 valence electrons.